The molecular weight excluding hydrogens is 442 g/mol. The van der Waals surface area contributed by atoms with Crippen LogP contribution in [0, 0.1) is 0 Å². The van der Waals surface area contributed by atoms with E-state index in [4.69, 9.17) is 0 Å². The fraction of sp³-hybridized carbons (Fsp3) is 0.250. The summed E-state index contributed by atoms with van der Waals surface area (Å²) in [6.45, 7) is 4.80. The summed E-state index contributed by atoms with van der Waals surface area (Å²) in [5.74, 6) is 0. The zero-order valence-electron chi connectivity index (χ0n) is 20.5. The van der Waals surface area contributed by atoms with E-state index in [1.807, 2.05) is 0 Å². The second-order valence-electron chi connectivity index (χ2n) is 10.2. The van der Waals surface area contributed by atoms with E-state index >= 15 is 0 Å². The van der Waals surface area contributed by atoms with Gasteiger partial charge in [0.1, 0.15) is 0 Å². The Labute approximate surface area is 211 Å². The van der Waals surface area contributed by atoms with E-state index in [2.05, 4.69) is 99.0 Å². The van der Waals surface area contributed by atoms with E-state index < -0.39 is 0 Å². The van der Waals surface area contributed by atoms with E-state index in [0.717, 1.165) is 45.6 Å². The van der Waals surface area contributed by atoms with Gasteiger partial charge in [0.05, 0.1) is 0 Å². The summed E-state index contributed by atoms with van der Waals surface area (Å²) < 4.78 is 5.04. The minimum atomic E-state index is 0.219. The number of benzene rings is 4. The van der Waals surface area contributed by atoms with Gasteiger partial charge in [0.25, 0.3) is 0 Å². The number of hydrogen-bond donors (Lipinski definition) is 1. The molecule has 6 aromatic rings. The summed E-state index contributed by atoms with van der Waals surface area (Å²) in [6.07, 6.45) is 1.85. The number of aliphatic hydroxyl groups excluding tert-OH is 1. The third kappa shape index (κ3) is 3.52. The molecule has 4 heteroatoms. The van der Waals surface area contributed by atoms with Crippen molar-refractivity contribution >= 4 is 43.6 Å². The summed E-state index contributed by atoms with van der Waals surface area (Å²) in [5, 5.41) is 14.9. The van der Waals surface area contributed by atoms with Gasteiger partial charge in [-0.15, -0.1) is 0 Å². The highest BCUT2D eigenvalue weighted by atomic mass is 16.3. The van der Waals surface area contributed by atoms with Crippen molar-refractivity contribution in [3.05, 3.63) is 96.1 Å². The molecule has 2 aliphatic heterocycles. The highest BCUT2D eigenvalue weighted by Crippen LogP contribution is 2.33. The fourth-order valence-corrected chi connectivity index (χ4v) is 6.29. The third-order valence-electron chi connectivity index (χ3n) is 7.88. The zero-order chi connectivity index (χ0) is 24.1. The minimum Gasteiger partial charge on any atom is -0.396 e. The van der Waals surface area contributed by atoms with Crippen LogP contribution in [-0.2, 0) is 26.2 Å². The maximum atomic E-state index is 9.57. The van der Waals surface area contributed by atoms with Gasteiger partial charge in [-0.1, -0.05) is 54.6 Å². The van der Waals surface area contributed by atoms with Crippen molar-refractivity contribution in [2.24, 2.45) is 0 Å². The molecule has 1 N–H and O–H groups in total. The van der Waals surface area contributed by atoms with Crippen LogP contribution in [0.1, 0.15) is 24.0 Å². The van der Waals surface area contributed by atoms with Gasteiger partial charge in [-0.25, -0.2) is 0 Å². The Morgan fingerprint density at radius 2 is 1.17 bits per heavy atom. The van der Waals surface area contributed by atoms with Crippen LogP contribution in [-0.4, -0.2) is 32.3 Å². The summed E-state index contributed by atoms with van der Waals surface area (Å²) >= 11 is 0. The predicted molar refractivity (Wildman–Crippen MR) is 149 cm³/mol. The standard InChI is InChI=1S/C32H31N3O/c36-18-6-15-33-21-23-12-14-31-28(19-23)26-8-2-4-10-30(26)34(31)16-5-17-35-29-9-3-1-7-25(29)27-13-11-24(22-33)20-32(27)35/h1-4,7-14,19-20,36H,5-6,15-18,21-22H2. The molecular formula is C32H31N3O. The normalized spacial score (nSPS) is 15.0. The first-order valence-electron chi connectivity index (χ1n) is 13.1. The maximum Gasteiger partial charge on any atom is 0.0494 e. The molecule has 6 bridgehead atoms. The number of para-hydroxylation sites is 2. The van der Waals surface area contributed by atoms with Gasteiger partial charge in [0.15, 0.2) is 0 Å². The predicted octanol–water partition coefficient (Wildman–Crippen LogP) is 6.69. The molecule has 0 atom stereocenters. The lowest BCUT2D eigenvalue weighted by molar-refractivity contribution is 0.212. The number of nitrogens with zero attached hydrogens (tertiary/aromatic N) is 3. The Bertz CT molecular complexity index is 1720. The molecule has 0 spiro atoms. The molecule has 36 heavy (non-hydrogen) atoms. The molecule has 8 rings (SSSR count). The Balaban J connectivity index is 1.42. The van der Waals surface area contributed by atoms with E-state index in [1.54, 1.807) is 0 Å². The summed E-state index contributed by atoms with van der Waals surface area (Å²) in [7, 11) is 0. The van der Waals surface area contributed by atoms with Crippen LogP contribution in [0.5, 0.6) is 0 Å². The lowest BCUT2D eigenvalue weighted by Gasteiger charge is -2.22. The zero-order valence-corrected chi connectivity index (χ0v) is 20.5. The fourth-order valence-electron chi connectivity index (χ4n) is 6.29. The SMILES string of the molecule is OCCCN1Cc2ccc3c(c2)c2ccccc2n3CCCn2c3ccccc3c3ccc(cc32)C1. The Morgan fingerprint density at radius 3 is 1.92 bits per heavy atom. The molecule has 4 aromatic carbocycles. The first-order chi connectivity index (χ1) is 17.8. The van der Waals surface area contributed by atoms with Crippen molar-refractivity contribution in [3.63, 3.8) is 0 Å². The first-order valence-corrected chi connectivity index (χ1v) is 13.1. The van der Waals surface area contributed by atoms with E-state index in [9.17, 15) is 5.11 Å². The molecule has 0 radical (unpaired) electrons. The monoisotopic (exact) mass is 473 g/mol. The van der Waals surface area contributed by atoms with Crippen molar-refractivity contribution < 1.29 is 5.11 Å². The maximum absolute atomic E-state index is 9.57. The van der Waals surface area contributed by atoms with Crippen molar-refractivity contribution in [2.45, 2.75) is 39.0 Å². The van der Waals surface area contributed by atoms with Crippen LogP contribution < -0.4 is 0 Å². The quantitative estimate of drug-likeness (QED) is 0.311. The Morgan fingerprint density at radius 1 is 0.583 bits per heavy atom. The van der Waals surface area contributed by atoms with E-state index in [-0.39, 0.29) is 6.61 Å². The van der Waals surface area contributed by atoms with E-state index in [1.165, 1.54) is 54.7 Å². The van der Waals surface area contributed by atoms with Gasteiger partial charge in [-0.2, -0.15) is 0 Å². The molecule has 2 aromatic heterocycles. The molecule has 0 saturated heterocycles. The van der Waals surface area contributed by atoms with Crippen LogP contribution in [0.25, 0.3) is 43.6 Å². The van der Waals surface area contributed by atoms with Crippen LogP contribution in [0.15, 0.2) is 84.9 Å². The molecule has 0 fully saturated rings. The average Bonchev–Trinajstić information content (AvgIpc) is 3.39. The number of aryl methyl sites for hydroxylation is 2. The Kier molecular flexibility index (Phi) is 5.30. The molecule has 0 aliphatic carbocycles. The van der Waals surface area contributed by atoms with Crippen molar-refractivity contribution in [1.82, 2.24) is 14.0 Å². The molecule has 2 aliphatic rings. The van der Waals surface area contributed by atoms with Gasteiger partial charge >= 0.3 is 0 Å². The topological polar surface area (TPSA) is 33.3 Å². The lowest BCUT2D eigenvalue weighted by atomic mass is 10.1. The molecule has 180 valence electrons. The molecule has 0 saturated carbocycles. The number of aliphatic hydroxyl groups is 1. The summed E-state index contributed by atoms with van der Waals surface area (Å²) in [6, 6.07) is 31.6. The highest BCUT2D eigenvalue weighted by molar-refractivity contribution is 6.09. The molecule has 0 amide bonds. The number of rotatable bonds is 3. The van der Waals surface area contributed by atoms with Crippen LogP contribution >= 0.6 is 0 Å². The van der Waals surface area contributed by atoms with Crippen LogP contribution in [0.3, 0.4) is 0 Å². The largest absolute Gasteiger partial charge is 0.396 e. The van der Waals surface area contributed by atoms with Gasteiger partial charge in [-0.05, 0) is 54.3 Å². The smallest absolute Gasteiger partial charge is 0.0494 e. The van der Waals surface area contributed by atoms with Gasteiger partial charge in [-0.3, -0.25) is 4.90 Å². The molecule has 4 heterocycles. The van der Waals surface area contributed by atoms with Crippen molar-refractivity contribution in [1.29, 1.82) is 0 Å². The van der Waals surface area contributed by atoms with Crippen LogP contribution in [0.2, 0.25) is 0 Å². The minimum absolute atomic E-state index is 0.219. The van der Waals surface area contributed by atoms with E-state index in [0.29, 0.717) is 0 Å². The number of aromatic nitrogens is 2. The average molecular weight is 474 g/mol. The first kappa shape index (κ1) is 21.7. The third-order valence-corrected chi connectivity index (χ3v) is 7.88. The van der Waals surface area contributed by atoms with Crippen LogP contribution in [0.4, 0.5) is 0 Å². The second-order valence-corrected chi connectivity index (χ2v) is 10.2. The summed E-state index contributed by atoms with van der Waals surface area (Å²) in [4.78, 5) is 2.48. The molecule has 4 nitrogen and oxygen atoms in total. The lowest BCUT2D eigenvalue weighted by Crippen LogP contribution is -2.24. The number of fused-ring (bicyclic) bond motifs is 8. The Hall–Kier alpha value is -3.60. The number of hydrogen-bond acceptors (Lipinski definition) is 2. The molecule has 0 unspecified atom stereocenters. The van der Waals surface area contributed by atoms with Crippen molar-refractivity contribution in [3.8, 4) is 0 Å². The summed E-state index contributed by atoms with van der Waals surface area (Å²) in [5.41, 5.74) is 7.94. The second kappa shape index (κ2) is 8.81. The van der Waals surface area contributed by atoms with Gasteiger partial charge < -0.3 is 14.2 Å². The van der Waals surface area contributed by atoms with Gasteiger partial charge in [0.2, 0.25) is 0 Å². The van der Waals surface area contributed by atoms with Gasteiger partial charge in [0, 0.05) is 82.9 Å². The van der Waals surface area contributed by atoms with Crippen molar-refractivity contribution in [2.75, 3.05) is 13.2 Å². The highest BCUT2D eigenvalue weighted by Gasteiger charge is 2.16.